The highest BCUT2D eigenvalue weighted by Crippen LogP contribution is 2.23. The van der Waals surface area contributed by atoms with Gasteiger partial charge in [-0.05, 0) is 25.7 Å². The van der Waals surface area contributed by atoms with Gasteiger partial charge in [0.15, 0.2) is 0 Å². The SMILES string of the molecule is CC1=CN2NC(C(=O)N3CCC(C)CC3)CC2C(=O)N1. The lowest BCUT2D eigenvalue weighted by Crippen LogP contribution is -2.50. The molecule has 2 fully saturated rings. The van der Waals surface area contributed by atoms with Crippen LogP contribution in [-0.4, -0.2) is 46.9 Å². The molecule has 2 amide bonds. The van der Waals surface area contributed by atoms with Crippen LogP contribution in [0.3, 0.4) is 0 Å². The van der Waals surface area contributed by atoms with Crippen LogP contribution in [0.4, 0.5) is 0 Å². The lowest BCUT2D eigenvalue weighted by atomic mass is 9.98. The van der Waals surface area contributed by atoms with Crippen LogP contribution in [0.1, 0.15) is 33.1 Å². The predicted molar refractivity (Wildman–Crippen MR) is 74.0 cm³/mol. The fourth-order valence-electron chi connectivity index (χ4n) is 3.14. The Labute approximate surface area is 119 Å². The quantitative estimate of drug-likeness (QED) is 0.718. The highest BCUT2D eigenvalue weighted by Gasteiger charge is 2.42. The van der Waals surface area contributed by atoms with E-state index in [-0.39, 0.29) is 23.9 Å². The summed E-state index contributed by atoms with van der Waals surface area (Å²) < 4.78 is 0. The molecule has 0 aliphatic carbocycles. The second-order valence-corrected chi connectivity index (χ2v) is 6.15. The highest BCUT2D eigenvalue weighted by molar-refractivity contribution is 5.88. The molecule has 2 saturated heterocycles. The molecule has 6 nitrogen and oxygen atoms in total. The van der Waals surface area contributed by atoms with E-state index in [1.807, 2.05) is 18.0 Å². The Balaban J connectivity index is 1.65. The van der Waals surface area contributed by atoms with Crippen molar-refractivity contribution in [2.24, 2.45) is 5.92 Å². The molecule has 0 radical (unpaired) electrons. The molecule has 0 saturated carbocycles. The number of nitrogens with zero attached hydrogens (tertiary/aromatic N) is 2. The fraction of sp³-hybridized carbons (Fsp3) is 0.714. The first-order valence-electron chi connectivity index (χ1n) is 7.37. The van der Waals surface area contributed by atoms with Crippen LogP contribution in [-0.2, 0) is 9.59 Å². The molecule has 20 heavy (non-hydrogen) atoms. The summed E-state index contributed by atoms with van der Waals surface area (Å²) in [5, 5.41) is 4.59. The van der Waals surface area contributed by atoms with Gasteiger partial charge in [0, 0.05) is 31.4 Å². The zero-order valence-corrected chi connectivity index (χ0v) is 12.1. The molecule has 0 aromatic heterocycles. The Morgan fingerprint density at radius 2 is 2.05 bits per heavy atom. The molecule has 0 spiro atoms. The van der Waals surface area contributed by atoms with E-state index < -0.39 is 0 Å². The normalized spacial score (nSPS) is 30.9. The number of carbonyl (C=O) groups excluding carboxylic acids is 2. The first-order valence-corrected chi connectivity index (χ1v) is 7.37. The third kappa shape index (κ3) is 2.40. The lowest BCUT2D eigenvalue weighted by molar-refractivity contribution is -0.134. The molecule has 110 valence electrons. The van der Waals surface area contributed by atoms with Gasteiger partial charge >= 0.3 is 0 Å². The van der Waals surface area contributed by atoms with Crippen LogP contribution in [0.2, 0.25) is 0 Å². The van der Waals surface area contributed by atoms with Gasteiger partial charge < -0.3 is 15.2 Å². The monoisotopic (exact) mass is 278 g/mol. The summed E-state index contributed by atoms with van der Waals surface area (Å²) in [6.07, 6.45) is 4.55. The number of rotatable bonds is 1. The van der Waals surface area contributed by atoms with Gasteiger partial charge in [0.25, 0.3) is 0 Å². The molecule has 3 rings (SSSR count). The number of carbonyl (C=O) groups is 2. The van der Waals surface area contributed by atoms with Gasteiger partial charge in [-0.15, -0.1) is 0 Å². The Morgan fingerprint density at radius 3 is 2.75 bits per heavy atom. The van der Waals surface area contributed by atoms with Crippen LogP contribution < -0.4 is 10.7 Å². The molecule has 0 aromatic carbocycles. The molecule has 2 N–H and O–H groups in total. The maximum Gasteiger partial charge on any atom is 0.248 e. The van der Waals surface area contributed by atoms with Gasteiger partial charge in [0.05, 0.1) is 0 Å². The molecule has 0 aromatic rings. The number of fused-ring (bicyclic) bond motifs is 1. The van der Waals surface area contributed by atoms with Gasteiger partial charge in [-0.1, -0.05) is 6.92 Å². The number of hydrazine groups is 1. The summed E-state index contributed by atoms with van der Waals surface area (Å²) in [7, 11) is 0. The summed E-state index contributed by atoms with van der Waals surface area (Å²) in [4.78, 5) is 26.4. The van der Waals surface area contributed by atoms with Crippen LogP contribution in [0, 0.1) is 5.92 Å². The van der Waals surface area contributed by atoms with E-state index in [4.69, 9.17) is 0 Å². The molecule has 2 atom stereocenters. The fourth-order valence-corrected chi connectivity index (χ4v) is 3.14. The number of likely N-dealkylation sites (tertiary alicyclic amines) is 1. The standard InChI is InChI=1S/C14H22N4O2/c1-9-3-5-17(6-4-9)14(20)11-7-12-13(19)15-10(2)8-18(12)16-11/h8-9,11-12,16H,3-7H2,1-2H3,(H,15,19). The minimum absolute atomic E-state index is 0.0277. The number of piperidine rings is 1. The second-order valence-electron chi connectivity index (χ2n) is 6.15. The van der Waals surface area contributed by atoms with Crippen molar-refractivity contribution >= 4 is 11.8 Å². The molecule has 3 heterocycles. The van der Waals surface area contributed by atoms with Gasteiger partial charge in [-0.25, -0.2) is 5.43 Å². The molecule has 2 unspecified atom stereocenters. The van der Waals surface area contributed by atoms with E-state index in [0.29, 0.717) is 12.3 Å². The van der Waals surface area contributed by atoms with Gasteiger partial charge in [0.2, 0.25) is 11.8 Å². The van der Waals surface area contributed by atoms with Crippen molar-refractivity contribution in [1.29, 1.82) is 0 Å². The first-order chi connectivity index (χ1) is 9.54. The maximum absolute atomic E-state index is 12.5. The van der Waals surface area contributed by atoms with Crippen molar-refractivity contribution in [3.8, 4) is 0 Å². The van der Waals surface area contributed by atoms with Crippen LogP contribution in [0.15, 0.2) is 11.9 Å². The molecule has 3 aliphatic heterocycles. The average molecular weight is 278 g/mol. The molecule has 3 aliphatic rings. The zero-order chi connectivity index (χ0) is 14.3. The van der Waals surface area contributed by atoms with Crippen LogP contribution in [0.25, 0.3) is 0 Å². The molecular weight excluding hydrogens is 256 g/mol. The van der Waals surface area contributed by atoms with Crippen LogP contribution >= 0.6 is 0 Å². The van der Waals surface area contributed by atoms with Crippen molar-refractivity contribution in [3.05, 3.63) is 11.9 Å². The predicted octanol–water partition coefficient (Wildman–Crippen LogP) is 0.184. The van der Waals surface area contributed by atoms with Crippen molar-refractivity contribution < 1.29 is 9.59 Å². The average Bonchev–Trinajstić information content (AvgIpc) is 2.83. The van der Waals surface area contributed by atoms with Crippen molar-refractivity contribution in [3.63, 3.8) is 0 Å². The van der Waals surface area contributed by atoms with E-state index in [1.165, 1.54) is 0 Å². The lowest BCUT2D eigenvalue weighted by Gasteiger charge is -2.32. The summed E-state index contributed by atoms with van der Waals surface area (Å²) in [6.45, 7) is 5.75. The zero-order valence-electron chi connectivity index (χ0n) is 12.1. The van der Waals surface area contributed by atoms with E-state index in [9.17, 15) is 9.59 Å². The number of hydrogen-bond donors (Lipinski definition) is 2. The maximum atomic E-state index is 12.5. The molecular formula is C14H22N4O2. The van der Waals surface area contributed by atoms with Crippen LogP contribution in [0.5, 0.6) is 0 Å². The van der Waals surface area contributed by atoms with Gasteiger partial charge in [0.1, 0.15) is 12.1 Å². The smallest absolute Gasteiger partial charge is 0.248 e. The Kier molecular flexibility index (Phi) is 3.41. The number of allylic oxidation sites excluding steroid dienone is 1. The highest BCUT2D eigenvalue weighted by atomic mass is 16.2. The minimum Gasteiger partial charge on any atom is -0.341 e. The minimum atomic E-state index is -0.277. The first kappa shape index (κ1) is 13.4. The topological polar surface area (TPSA) is 64.7 Å². The van der Waals surface area contributed by atoms with Crippen molar-refractivity contribution in [2.75, 3.05) is 13.1 Å². The number of hydrogen-bond acceptors (Lipinski definition) is 4. The van der Waals surface area contributed by atoms with Gasteiger partial charge in [-0.2, -0.15) is 0 Å². The van der Waals surface area contributed by atoms with E-state index >= 15 is 0 Å². The third-order valence-corrected chi connectivity index (χ3v) is 4.45. The Bertz CT molecular complexity index is 454. The van der Waals surface area contributed by atoms with E-state index in [0.717, 1.165) is 31.6 Å². The molecule has 0 bridgehead atoms. The van der Waals surface area contributed by atoms with Crippen molar-refractivity contribution in [2.45, 2.75) is 45.2 Å². The summed E-state index contributed by atoms with van der Waals surface area (Å²) in [5.41, 5.74) is 3.97. The Morgan fingerprint density at radius 1 is 1.35 bits per heavy atom. The summed E-state index contributed by atoms with van der Waals surface area (Å²) in [6, 6.07) is -0.544. The molecule has 6 heteroatoms. The van der Waals surface area contributed by atoms with E-state index in [1.54, 1.807) is 5.01 Å². The number of amides is 2. The number of nitrogens with one attached hydrogen (secondary N) is 2. The summed E-state index contributed by atoms with van der Waals surface area (Å²) in [5.74, 6) is 0.809. The summed E-state index contributed by atoms with van der Waals surface area (Å²) >= 11 is 0. The Hall–Kier alpha value is -1.56. The second kappa shape index (κ2) is 5.09. The van der Waals surface area contributed by atoms with Gasteiger partial charge in [-0.3, -0.25) is 9.59 Å². The largest absolute Gasteiger partial charge is 0.341 e. The van der Waals surface area contributed by atoms with E-state index in [2.05, 4.69) is 17.7 Å². The van der Waals surface area contributed by atoms with Crippen molar-refractivity contribution in [1.82, 2.24) is 20.7 Å². The third-order valence-electron chi connectivity index (χ3n) is 4.45.